The molecule has 0 aliphatic heterocycles. The van der Waals surface area contributed by atoms with E-state index < -0.39 is 5.97 Å². The molecule has 0 aromatic carbocycles. The fraction of sp³-hybridized carbons (Fsp3) is 0.882. The van der Waals surface area contributed by atoms with Crippen molar-refractivity contribution in [1.82, 2.24) is 0 Å². The van der Waals surface area contributed by atoms with E-state index in [9.17, 15) is 9.59 Å². The highest BCUT2D eigenvalue weighted by atomic mass is 16.4. The molecule has 0 aromatic heterocycles. The summed E-state index contributed by atoms with van der Waals surface area (Å²) in [5.41, 5.74) is -0.308. The highest BCUT2D eigenvalue weighted by Crippen LogP contribution is 2.33. The van der Waals surface area contributed by atoms with Crippen molar-refractivity contribution in [3.63, 3.8) is 0 Å². The number of carbonyl (C=O) groups is 2. The van der Waals surface area contributed by atoms with Gasteiger partial charge >= 0.3 is 5.97 Å². The predicted molar refractivity (Wildman–Crippen MR) is 82.9 cm³/mol. The molecule has 0 saturated heterocycles. The van der Waals surface area contributed by atoms with E-state index in [0.717, 1.165) is 32.1 Å². The normalized spacial score (nSPS) is 13.9. The molecule has 3 heteroatoms. The summed E-state index contributed by atoms with van der Waals surface area (Å²) in [6, 6.07) is 0. The van der Waals surface area contributed by atoms with E-state index in [0.29, 0.717) is 0 Å². The molecule has 0 radical (unpaired) electrons. The second kappa shape index (κ2) is 10.9. The number of hydrogen-bond acceptors (Lipinski definition) is 2. The van der Waals surface area contributed by atoms with Crippen LogP contribution in [0, 0.1) is 5.41 Å². The smallest absolute Gasteiger partial charge is 0.303 e. The first kappa shape index (κ1) is 19.1. The number of Topliss-reactive ketones (excluding diaryl/α,β-unsaturated/α-hetero) is 1. The van der Waals surface area contributed by atoms with Crippen molar-refractivity contribution in [2.45, 2.75) is 91.4 Å². The lowest BCUT2D eigenvalue weighted by Crippen LogP contribution is -2.28. The van der Waals surface area contributed by atoms with E-state index in [1.165, 1.54) is 25.7 Å². The van der Waals surface area contributed by atoms with Crippen LogP contribution in [-0.4, -0.2) is 16.9 Å². The van der Waals surface area contributed by atoms with Crippen LogP contribution in [0.1, 0.15) is 91.4 Å². The SMILES string of the molecule is CCCCCCCC(C)(CCCC)C(=O)CCC(=O)O. The molecule has 0 heterocycles. The van der Waals surface area contributed by atoms with Gasteiger partial charge in [0.1, 0.15) is 5.78 Å². The van der Waals surface area contributed by atoms with Crippen molar-refractivity contribution in [3.05, 3.63) is 0 Å². The molecule has 1 unspecified atom stereocenters. The molecule has 0 aliphatic carbocycles. The summed E-state index contributed by atoms with van der Waals surface area (Å²) >= 11 is 0. The Balaban J connectivity index is 4.32. The fourth-order valence-corrected chi connectivity index (χ4v) is 2.61. The van der Waals surface area contributed by atoms with Gasteiger partial charge < -0.3 is 5.11 Å². The van der Waals surface area contributed by atoms with Gasteiger partial charge in [-0.15, -0.1) is 0 Å². The van der Waals surface area contributed by atoms with Crippen LogP contribution in [0.4, 0.5) is 0 Å². The summed E-state index contributed by atoms with van der Waals surface area (Å²) in [5.74, 6) is -0.733. The number of rotatable bonds is 13. The van der Waals surface area contributed by atoms with Crippen LogP contribution in [0.15, 0.2) is 0 Å². The second-order valence-corrected chi connectivity index (χ2v) is 6.15. The summed E-state index contributed by atoms with van der Waals surface area (Å²) in [7, 11) is 0. The lowest BCUT2D eigenvalue weighted by Gasteiger charge is -2.28. The van der Waals surface area contributed by atoms with Crippen LogP contribution in [0.3, 0.4) is 0 Å². The average Bonchev–Trinajstić information content (AvgIpc) is 2.42. The molecule has 0 spiro atoms. The molecule has 0 rings (SSSR count). The third-order valence-electron chi connectivity index (χ3n) is 4.15. The third-order valence-corrected chi connectivity index (χ3v) is 4.15. The largest absolute Gasteiger partial charge is 0.481 e. The third kappa shape index (κ3) is 8.34. The Morgan fingerprint density at radius 3 is 1.95 bits per heavy atom. The first-order valence-corrected chi connectivity index (χ1v) is 8.21. The molecular formula is C17H32O3. The number of carbonyl (C=O) groups excluding carboxylic acids is 1. The molecule has 0 amide bonds. The van der Waals surface area contributed by atoms with E-state index in [4.69, 9.17) is 5.11 Å². The molecule has 1 atom stereocenters. The van der Waals surface area contributed by atoms with Crippen LogP contribution in [0.2, 0.25) is 0 Å². The summed E-state index contributed by atoms with van der Waals surface area (Å²) in [4.78, 5) is 23.0. The molecule has 0 bridgehead atoms. The monoisotopic (exact) mass is 284 g/mol. The maximum atomic E-state index is 12.3. The average molecular weight is 284 g/mol. The van der Waals surface area contributed by atoms with Gasteiger partial charge in [0.15, 0.2) is 0 Å². The van der Waals surface area contributed by atoms with Gasteiger partial charge in [0.05, 0.1) is 6.42 Å². The molecule has 0 saturated carbocycles. The van der Waals surface area contributed by atoms with Crippen LogP contribution in [0.25, 0.3) is 0 Å². The van der Waals surface area contributed by atoms with Crippen molar-refractivity contribution in [2.75, 3.05) is 0 Å². The number of hydrogen-bond donors (Lipinski definition) is 1. The first-order chi connectivity index (χ1) is 9.46. The van der Waals surface area contributed by atoms with E-state index >= 15 is 0 Å². The van der Waals surface area contributed by atoms with E-state index in [1.54, 1.807) is 0 Å². The Kier molecular flexibility index (Phi) is 10.4. The Morgan fingerprint density at radius 1 is 0.850 bits per heavy atom. The van der Waals surface area contributed by atoms with Crippen LogP contribution < -0.4 is 0 Å². The van der Waals surface area contributed by atoms with Crippen LogP contribution in [-0.2, 0) is 9.59 Å². The zero-order valence-corrected chi connectivity index (χ0v) is 13.5. The number of ketones is 1. The van der Waals surface area contributed by atoms with Crippen molar-refractivity contribution in [2.24, 2.45) is 5.41 Å². The Hall–Kier alpha value is -0.860. The Bertz CT molecular complexity index is 286. The molecule has 20 heavy (non-hydrogen) atoms. The zero-order valence-electron chi connectivity index (χ0n) is 13.5. The maximum Gasteiger partial charge on any atom is 0.303 e. The van der Waals surface area contributed by atoms with E-state index in [2.05, 4.69) is 13.8 Å². The van der Waals surface area contributed by atoms with Crippen molar-refractivity contribution in [3.8, 4) is 0 Å². The van der Waals surface area contributed by atoms with E-state index in [-0.39, 0.29) is 24.0 Å². The Labute approximate surface area is 124 Å². The number of aliphatic carboxylic acids is 1. The highest BCUT2D eigenvalue weighted by molar-refractivity contribution is 5.87. The number of carboxylic acids is 1. The van der Waals surface area contributed by atoms with Gasteiger partial charge in [0.2, 0.25) is 0 Å². The van der Waals surface area contributed by atoms with Gasteiger partial charge in [0.25, 0.3) is 0 Å². The van der Waals surface area contributed by atoms with E-state index in [1.807, 2.05) is 6.92 Å². The predicted octanol–water partition coefficient (Wildman–Crippen LogP) is 4.98. The summed E-state index contributed by atoms with van der Waals surface area (Å²) in [5, 5.41) is 8.73. The number of unbranched alkanes of at least 4 members (excludes halogenated alkanes) is 5. The van der Waals surface area contributed by atoms with Gasteiger partial charge in [-0.05, 0) is 12.8 Å². The molecule has 0 aromatic rings. The zero-order chi connectivity index (χ0) is 15.4. The first-order valence-electron chi connectivity index (χ1n) is 8.21. The second-order valence-electron chi connectivity index (χ2n) is 6.15. The van der Waals surface area contributed by atoms with Crippen molar-refractivity contribution >= 4 is 11.8 Å². The molecule has 0 fully saturated rings. The fourth-order valence-electron chi connectivity index (χ4n) is 2.61. The van der Waals surface area contributed by atoms with Gasteiger partial charge in [-0.3, -0.25) is 9.59 Å². The summed E-state index contributed by atoms with van der Waals surface area (Å²) in [6.45, 7) is 6.36. The minimum Gasteiger partial charge on any atom is -0.481 e. The maximum absolute atomic E-state index is 12.3. The minimum atomic E-state index is -0.876. The molecule has 1 N–H and O–H groups in total. The van der Waals surface area contributed by atoms with Gasteiger partial charge in [-0.2, -0.15) is 0 Å². The number of carboxylic acid groups (broad SMARTS) is 1. The van der Waals surface area contributed by atoms with Gasteiger partial charge in [-0.25, -0.2) is 0 Å². The highest BCUT2D eigenvalue weighted by Gasteiger charge is 2.31. The topological polar surface area (TPSA) is 54.4 Å². The molecule has 3 nitrogen and oxygen atoms in total. The van der Waals surface area contributed by atoms with Gasteiger partial charge in [-0.1, -0.05) is 65.7 Å². The summed E-state index contributed by atoms with van der Waals surface area (Å²) in [6.07, 6.45) is 10.1. The van der Waals surface area contributed by atoms with Crippen LogP contribution >= 0.6 is 0 Å². The molecule has 118 valence electrons. The molecule has 0 aliphatic rings. The van der Waals surface area contributed by atoms with Crippen molar-refractivity contribution < 1.29 is 14.7 Å². The Morgan fingerprint density at radius 2 is 1.40 bits per heavy atom. The van der Waals surface area contributed by atoms with Gasteiger partial charge in [0, 0.05) is 11.8 Å². The van der Waals surface area contributed by atoms with Crippen LogP contribution in [0.5, 0.6) is 0 Å². The molecular weight excluding hydrogens is 252 g/mol. The standard InChI is InChI=1S/C17H32O3/c1-4-6-8-9-10-14-17(3,13-7-5-2)15(18)11-12-16(19)20/h4-14H2,1-3H3,(H,19,20). The lowest BCUT2D eigenvalue weighted by atomic mass is 9.75. The quantitative estimate of drug-likeness (QED) is 0.485. The lowest BCUT2D eigenvalue weighted by molar-refractivity contribution is -0.140. The van der Waals surface area contributed by atoms with Crippen molar-refractivity contribution in [1.29, 1.82) is 0 Å². The summed E-state index contributed by atoms with van der Waals surface area (Å²) < 4.78 is 0. The minimum absolute atomic E-state index is 0.0314.